The Kier molecular flexibility index (Phi) is 5.65. The molecule has 0 aliphatic carbocycles. The van der Waals surface area contributed by atoms with Gasteiger partial charge in [0.1, 0.15) is 0 Å². The Morgan fingerprint density at radius 1 is 1.29 bits per heavy atom. The maximum Gasteiger partial charge on any atom is 0.328 e. The molecule has 0 rings (SSSR count). The van der Waals surface area contributed by atoms with Crippen LogP contribution in [-0.4, -0.2) is 53.8 Å². The van der Waals surface area contributed by atoms with Gasteiger partial charge in [0.05, 0.1) is 13.2 Å². The Labute approximate surface area is 92.6 Å². The number of aliphatic hydroxyl groups is 1. The minimum atomic E-state index is -4.41. The van der Waals surface area contributed by atoms with Crippen molar-refractivity contribution in [2.75, 3.05) is 13.2 Å². The van der Waals surface area contributed by atoms with Crippen molar-refractivity contribution in [2.45, 2.75) is 18.4 Å². The first kappa shape index (κ1) is 15.4. The average molecular weight is 262 g/mol. The van der Waals surface area contributed by atoms with E-state index >= 15 is 0 Å². The van der Waals surface area contributed by atoms with E-state index in [1.165, 1.54) is 5.32 Å². The number of rotatable bonds is 6. The number of halogens is 4. The van der Waals surface area contributed by atoms with E-state index in [0.29, 0.717) is 0 Å². The number of urea groups is 1. The number of amides is 2. The molecule has 0 bridgehead atoms. The fourth-order valence-electron chi connectivity index (χ4n) is 0.670. The Morgan fingerprint density at radius 3 is 2.18 bits per heavy atom. The van der Waals surface area contributed by atoms with E-state index < -0.39 is 43.5 Å². The van der Waals surface area contributed by atoms with Crippen LogP contribution in [0.4, 0.5) is 22.4 Å². The second-order valence-electron chi connectivity index (χ2n) is 2.96. The summed E-state index contributed by atoms with van der Waals surface area (Å²) in [6, 6.07) is -3.10. The third-order valence-corrected chi connectivity index (χ3v) is 1.59. The van der Waals surface area contributed by atoms with Gasteiger partial charge in [0, 0.05) is 0 Å². The lowest BCUT2D eigenvalue weighted by atomic mass is 10.3. The van der Waals surface area contributed by atoms with Crippen LogP contribution >= 0.6 is 0 Å². The van der Waals surface area contributed by atoms with Gasteiger partial charge in [0.2, 0.25) is 0 Å². The smallest absolute Gasteiger partial charge is 0.328 e. The van der Waals surface area contributed by atoms with Crippen LogP contribution in [0, 0.1) is 0 Å². The summed E-state index contributed by atoms with van der Waals surface area (Å²) in [6.45, 7) is -2.61. The van der Waals surface area contributed by atoms with Gasteiger partial charge in [-0.3, -0.25) is 0 Å². The summed E-state index contributed by atoms with van der Waals surface area (Å²) < 4.78 is 48.0. The lowest BCUT2D eigenvalue weighted by molar-refractivity contribution is -0.140. The van der Waals surface area contributed by atoms with E-state index in [9.17, 15) is 27.2 Å². The number of aliphatic carboxylic acids is 1. The second-order valence-corrected chi connectivity index (χ2v) is 2.96. The third-order valence-electron chi connectivity index (χ3n) is 1.59. The molecule has 10 heteroatoms. The molecule has 0 unspecified atom stereocenters. The maximum atomic E-state index is 12.3. The van der Waals surface area contributed by atoms with Crippen LogP contribution < -0.4 is 10.6 Å². The molecular formula is C7H10F4N2O4. The molecule has 6 nitrogen and oxygen atoms in total. The highest BCUT2D eigenvalue weighted by Gasteiger charge is 2.41. The number of carboxylic acids is 1. The molecule has 0 aliphatic rings. The second kappa shape index (κ2) is 6.23. The summed E-state index contributed by atoms with van der Waals surface area (Å²) in [5, 5.41) is 19.8. The molecule has 0 aromatic carbocycles. The van der Waals surface area contributed by atoms with E-state index in [2.05, 4.69) is 0 Å². The molecule has 0 saturated carbocycles. The molecule has 0 spiro atoms. The predicted octanol–water partition coefficient (Wildman–Crippen LogP) is -0.369. The number of carbonyl (C=O) groups excluding carboxylic acids is 1. The number of alkyl halides is 4. The van der Waals surface area contributed by atoms with Crippen LogP contribution in [0.1, 0.15) is 0 Å². The van der Waals surface area contributed by atoms with Crippen LogP contribution in [0.5, 0.6) is 0 Å². The van der Waals surface area contributed by atoms with Gasteiger partial charge in [-0.25, -0.2) is 18.4 Å². The lowest BCUT2D eigenvalue weighted by Gasteiger charge is -2.17. The van der Waals surface area contributed by atoms with Crippen molar-refractivity contribution in [3.63, 3.8) is 0 Å². The van der Waals surface area contributed by atoms with Crippen LogP contribution in [-0.2, 0) is 4.79 Å². The Morgan fingerprint density at radius 2 is 1.82 bits per heavy atom. The fraction of sp³-hybridized carbons (Fsp3) is 0.714. The molecule has 0 saturated heterocycles. The number of carbonyl (C=O) groups is 2. The number of aliphatic hydroxyl groups excluding tert-OH is 1. The van der Waals surface area contributed by atoms with Crippen molar-refractivity contribution in [2.24, 2.45) is 0 Å². The summed E-state index contributed by atoms with van der Waals surface area (Å²) in [5.74, 6) is -6.00. The average Bonchev–Trinajstić information content (AvgIpc) is 2.22. The van der Waals surface area contributed by atoms with Crippen LogP contribution in [0.2, 0.25) is 0 Å². The molecule has 2 amide bonds. The molecule has 17 heavy (non-hydrogen) atoms. The topological polar surface area (TPSA) is 98.7 Å². The number of carboxylic acid groups (broad SMARTS) is 1. The van der Waals surface area contributed by atoms with E-state index in [4.69, 9.17) is 10.2 Å². The minimum Gasteiger partial charge on any atom is -0.480 e. The molecule has 1 atom stereocenters. The fourth-order valence-corrected chi connectivity index (χ4v) is 0.670. The maximum absolute atomic E-state index is 12.3. The monoisotopic (exact) mass is 262 g/mol. The Balaban J connectivity index is 4.16. The lowest BCUT2D eigenvalue weighted by Crippen LogP contribution is -2.51. The first-order chi connectivity index (χ1) is 7.70. The predicted molar refractivity (Wildman–Crippen MR) is 46.0 cm³/mol. The van der Waals surface area contributed by atoms with Gasteiger partial charge in [-0.2, -0.15) is 8.78 Å². The zero-order valence-corrected chi connectivity index (χ0v) is 8.29. The van der Waals surface area contributed by atoms with Crippen molar-refractivity contribution < 1.29 is 37.4 Å². The molecule has 0 heterocycles. The summed E-state index contributed by atoms with van der Waals surface area (Å²) >= 11 is 0. The highest BCUT2D eigenvalue weighted by Crippen LogP contribution is 2.21. The van der Waals surface area contributed by atoms with Crippen molar-refractivity contribution in [1.29, 1.82) is 0 Å². The van der Waals surface area contributed by atoms with Gasteiger partial charge in [-0.1, -0.05) is 0 Å². The normalized spacial score (nSPS) is 13.3. The van der Waals surface area contributed by atoms with Gasteiger partial charge in [0.15, 0.2) is 6.04 Å². The molecule has 0 fully saturated rings. The summed E-state index contributed by atoms with van der Waals surface area (Å²) in [4.78, 5) is 21.1. The Hall–Kier alpha value is -1.58. The highest BCUT2D eigenvalue weighted by atomic mass is 19.3. The molecule has 0 aromatic rings. The molecule has 4 N–H and O–H groups in total. The first-order valence-electron chi connectivity index (χ1n) is 4.24. The van der Waals surface area contributed by atoms with E-state index in [1.54, 1.807) is 5.32 Å². The van der Waals surface area contributed by atoms with E-state index in [-0.39, 0.29) is 0 Å². The molecular weight excluding hydrogens is 252 g/mol. The van der Waals surface area contributed by atoms with Crippen LogP contribution in [0.15, 0.2) is 0 Å². The van der Waals surface area contributed by atoms with Crippen molar-refractivity contribution in [3.8, 4) is 0 Å². The summed E-state index contributed by atoms with van der Waals surface area (Å²) in [6.07, 6.45) is -3.95. The standard InChI is InChI=1S/C7H10F4N2O4/c8-5(9)7(10,11)2-12-6(17)13-3(1-14)4(15)16/h3,5,14H,1-2H2,(H,15,16)(H2,12,13,17)/t3-/m0/s1. The number of hydrogen-bond donors (Lipinski definition) is 4. The zero-order chi connectivity index (χ0) is 13.6. The quantitative estimate of drug-likeness (QED) is 0.491. The largest absolute Gasteiger partial charge is 0.480 e. The zero-order valence-electron chi connectivity index (χ0n) is 8.29. The van der Waals surface area contributed by atoms with E-state index in [1.807, 2.05) is 0 Å². The van der Waals surface area contributed by atoms with Gasteiger partial charge in [-0.05, 0) is 0 Å². The van der Waals surface area contributed by atoms with Crippen molar-refractivity contribution >= 4 is 12.0 Å². The highest BCUT2D eigenvalue weighted by molar-refractivity contribution is 5.82. The van der Waals surface area contributed by atoms with Crippen molar-refractivity contribution in [3.05, 3.63) is 0 Å². The van der Waals surface area contributed by atoms with E-state index in [0.717, 1.165) is 0 Å². The summed E-state index contributed by atoms with van der Waals surface area (Å²) in [7, 11) is 0. The van der Waals surface area contributed by atoms with Crippen LogP contribution in [0.25, 0.3) is 0 Å². The molecule has 0 radical (unpaired) electrons. The number of nitrogens with one attached hydrogen (secondary N) is 2. The Bertz CT molecular complexity index is 287. The molecule has 100 valence electrons. The number of hydrogen-bond acceptors (Lipinski definition) is 3. The summed E-state index contributed by atoms with van der Waals surface area (Å²) in [5.41, 5.74) is 0. The first-order valence-corrected chi connectivity index (χ1v) is 4.24. The van der Waals surface area contributed by atoms with Gasteiger partial charge >= 0.3 is 24.3 Å². The molecule has 0 aromatic heterocycles. The molecule has 0 aliphatic heterocycles. The SMILES string of the molecule is O=C(NCC(F)(F)C(F)F)N[C@@H](CO)C(=O)O. The van der Waals surface area contributed by atoms with Crippen LogP contribution in [0.3, 0.4) is 0 Å². The van der Waals surface area contributed by atoms with Gasteiger partial charge in [0.25, 0.3) is 0 Å². The minimum absolute atomic E-state index is 0.964. The van der Waals surface area contributed by atoms with Gasteiger partial charge < -0.3 is 20.8 Å². The van der Waals surface area contributed by atoms with Gasteiger partial charge in [-0.15, -0.1) is 0 Å². The van der Waals surface area contributed by atoms with Crippen molar-refractivity contribution in [1.82, 2.24) is 10.6 Å². The third kappa shape index (κ3) is 5.33.